The number of rotatable bonds is 5. The van der Waals surface area contributed by atoms with Crippen molar-refractivity contribution < 1.29 is 5.11 Å². The third-order valence-electron chi connectivity index (χ3n) is 3.93. The average molecular weight is 259 g/mol. The molecule has 2 heteroatoms. The van der Waals surface area contributed by atoms with Crippen molar-refractivity contribution in [2.45, 2.75) is 50.5 Å². The Labute approximate surface area is 116 Å². The molecule has 104 valence electrons. The van der Waals surface area contributed by atoms with Crippen molar-refractivity contribution in [1.82, 2.24) is 0 Å². The van der Waals surface area contributed by atoms with E-state index in [4.69, 9.17) is 5.73 Å². The van der Waals surface area contributed by atoms with Gasteiger partial charge in [0.25, 0.3) is 0 Å². The number of nitrogens with two attached hydrogens (primary N) is 1. The lowest BCUT2D eigenvalue weighted by atomic mass is 9.84. The van der Waals surface area contributed by atoms with Crippen molar-refractivity contribution in [3.8, 4) is 0 Å². The van der Waals surface area contributed by atoms with E-state index in [1.807, 2.05) is 6.08 Å². The third-order valence-corrected chi connectivity index (χ3v) is 3.93. The van der Waals surface area contributed by atoms with Crippen LogP contribution in [0.1, 0.15) is 49.7 Å². The van der Waals surface area contributed by atoms with Crippen LogP contribution in [0.15, 0.2) is 30.3 Å². The van der Waals surface area contributed by atoms with Crippen LogP contribution in [0, 0.1) is 0 Å². The zero-order valence-corrected chi connectivity index (χ0v) is 11.6. The number of hydrogen-bond donors (Lipinski definition) is 2. The molecule has 1 fully saturated rings. The van der Waals surface area contributed by atoms with Gasteiger partial charge in [0.1, 0.15) is 0 Å². The van der Waals surface area contributed by atoms with Crippen LogP contribution in [0.25, 0.3) is 6.08 Å². The predicted molar refractivity (Wildman–Crippen MR) is 80.9 cm³/mol. The molecule has 0 saturated heterocycles. The Morgan fingerprint density at radius 2 is 2.00 bits per heavy atom. The Bertz CT molecular complexity index is 419. The molecule has 0 heterocycles. The molecule has 0 spiro atoms. The summed E-state index contributed by atoms with van der Waals surface area (Å²) in [6.07, 6.45) is 11.4. The number of hydrogen-bond acceptors (Lipinski definition) is 2. The van der Waals surface area contributed by atoms with Gasteiger partial charge in [-0.3, -0.25) is 0 Å². The summed E-state index contributed by atoms with van der Waals surface area (Å²) in [6.45, 7) is 0.736. The van der Waals surface area contributed by atoms with Crippen LogP contribution < -0.4 is 5.73 Å². The van der Waals surface area contributed by atoms with Gasteiger partial charge in [0.15, 0.2) is 0 Å². The highest BCUT2D eigenvalue weighted by Crippen LogP contribution is 2.29. The van der Waals surface area contributed by atoms with E-state index in [9.17, 15) is 5.11 Å². The van der Waals surface area contributed by atoms with E-state index >= 15 is 0 Å². The molecule has 2 nitrogen and oxygen atoms in total. The third kappa shape index (κ3) is 4.48. The topological polar surface area (TPSA) is 46.2 Å². The van der Waals surface area contributed by atoms with Gasteiger partial charge in [-0.05, 0) is 43.4 Å². The molecule has 0 aromatic heterocycles. The molecule has 1 aromatic rings. The lowest BCUT2D eigenvalue weighted by Crippen LogP contribution is -2.28. The maximum absolute atomic E-state index is 10.4. The maximum Gasteiger partial charge on any atom is 0.0830 e. The lowest BCUT2D eigenvalue weighted by Gasteiger charge is -2.28. The molecule has 1 aromatic carbocycles. The van der Waals surface area contributed by atoms with Crippen molar-refractivity contribution in [1.29, 1.82) is 0 Å². The van der Waals surface area contributed by atoms with Crippen molar-refractivity contribution in [2.24, 2.45) is 5.73 Å². The van der Waals surface area contributed by atoms with E-state index in [1.54, 1.807) is 0 Å². The Morgan fingerprint density at radius 1 is 1.21 bits per heavy atom. The van der Waals surface area contributed by atoms with E-state index in [2.05, 4.69) is 30.3 Å². The van der Waals surface area contributed by atoms with Gasteiger partial charge >= 0.3 is 0 Å². The van der Waals surface area contributed by atoms with E-state index in [1.165, 1.54) is 17.5 Å². The quantitative estimate of drug-likeness (QED) is 0.852. The number of benzene rings is 1. The molecule has 0 atom stereocenters. The zero-order valence-electron chi connectivity index (χ0n) is 11.6. The van der Waals surface area contributed by atoms with Crippen molar-refractivity contribution in [3.05, 3.63) is 41.5 Å². The largest absolute Gasteiger partial charge is 0.386 e. The van der Waals surface area contributed by atoms with E-state index < -0.39 is 5.60 Å². The summed E-state index contributed by atoms with van der Waals surface area (Å²) in [5.41, 5.74) is 7.46. The van der Waals surface area contributed by atoms with Gasteiger partial charge in [-0.15, -0.1) is 0 Å². The first kappa shape index (κ1) is 14.3. The molecule has 0 bridgehead atoms. The Hall–Kier alpha value is -1.12. The van der Waals surface area contributed by atoms with Gasteiger partial charge in [0, 0.05) is 0 Å². The fraction of sp³-hybridized carbons (Fsp3) is 0.529. The highest BCUT2D eigenvalue weighted by atomic mass is 16.3. The van der Waals surface area contributed by atoms with Crippen molar-refractivity contribution in [2.75, 3.05) is 6.54 Å². The van der Waals surface area contributed by atoms with Gasteiger partial charge in [-0.1, -0.05) is 55.7 Å². The minimum Gasteiger partial charge on any atom is -0.386 e. The molecular weight excluding hydrogens is 234 g/mol. The van der Waals surface area contributed by atoms with Gasteiger partial charge in [0.05, 0.1) is 5.60 Å². The van der Waals surface area contributed by atoms with Gasteiger partial charge in [0.2, 0.25) is 0 Å². The number of aryl methyl sites for hydroxylation is 1. The molecule has 2 rings (SSSR count). The minimum atomic E-state index is -0.578. The molecule has 1 saturated carbocycles. The summed E-state index contributed by atoms with van der Waals surface area (Å²) >= 11 is 0. The standard InChI is InChI=1S/C17H25NO/c18-13-5-8-15-6-4-7-16(14-15)9-12-17(19)10-2-1-3-11-17/h4,6-7,9,12,14,19H,1-3,5,8,10-11,13,18H2. The first-order chi connectivity index (χ1) is 9.22. The molecule has 0 unspecified atom stereocenters. The van der Waals surface area contributed by atoms with Crippen LogP contribution in [0.2, 0.25) is 0 Å². The second kappa shape index (κ2) is 6.88. The normalized spacial score (nSPS) is 18.8. The Balaban J connectivity index is 2.01. The number of aliphatic hydroxyl groups is 1. The van der Waals surface area contributed by atoms with Crippen molar-refractivity contribution >= 4 is 6.08 Å². The molecule has 0 amide bonds. The highest BCUT2D eigenvalue weighted by Gasteiger charge is 2.25. The smallest absolute Gasteiger partial charge is 0.0830 e. The summed E-state index contributed by atoms with van der Waals surface area (Å²) in [5.74, 6) is 0. The van der Waals surface area contributed by atoms with E-state index in [-0.39, 0.29) is 0 Å². The highest BCUT2D eigenvalue weighted by molar-refractivity contribution is 5.51. The van der Waals surface area contributed by atoms with Crippen LogP contribution in [-0.2, 0) is 6.42 Å². The van der Waals surface area contributed by atoms with Crippen LogP contribution >= 0.6 is 0 Å². The van der Waals surface area contributed by atoms with Gasteiger partial charge in [-0.2, -0.15) is 0 Å². The molecule has 0 radical (unpaired) electrons. The Morgan fingerprint density at radius 3 is 2.74 bits per heavy atom. The van der Waals surface area contributed by atoms with Gasteiger partial charge < -0.3 is 10.8 Å². The molecule has 19 heavy (non-hydrogen) atoms. The first-order valence-corrected chi connectivity index (χ1v) is 7.42. The summed E-state index contributed by atoms with van der Waals surface area (Å²) in [6, 6.07) is 8.51. The SMILES string of the molecule is NCCCc1cccc(C=CC2(O)CCCCC2)c1. The molecule has 1 aliphatic rings. The van der Waals surface area contributed by atoms with Crippen LogP contribution in [0.5, 0.6) is 0 Å². The predicted octanol–water partition coefficient (Wildman–Crippen LogP) is 3.29. The zero-order chi connectivity index (χ0) is 13.6. The first-order valence-electron chi connectivity index (χ1n) is 7.42. The Kier molecular flexibility index (Phi) is 5.17. The fourth-order valence-corrected chi connectivity index (χ4v) is 2.74. The second-order valence-corrected chi connectivity index (χ2v) is 5.63. The lowest BCUT2D eigenvalue weighted by molar-refractivity contribution is 0.0521. The monoisotopic (exact) mass is 259 g/mol. The summed E-state index contributed by atoms with van der Waals surface area (Å²) in [4.78, 5) is 0. The summed E-state index contributed by atoms with van der Waals surface area (Å²) in [7, 11) is 0. The molecule has 1 aliphatic carbocycles. The van der Waals surface area contributed by atoms with Crippen LogP contribution in [-0.4, -0.2) is 17.3 Å². The molecule has 0 aliphatic heterocycles. The van der Waals surface area contributed by atoms with Crippen LogP contribution in [0.3, 0.4) is 0 Å². The van der Waals surface area contributed by atoms with Gasteiger partial charge in [-0.25, -0.2) is 0 Å². The summed E-state index contributed by atoms with van der Waals surface area (Å²) in [5, 5.41) is 10.4. The van der Waals surface area contributed by atoms with E-state index in [0.717, 1.165) is 45.1 Å². The maximum atomic E-state index is 10.4. The average Bonchev–Trinajstić information content (AvgIpc) is 2.44. The molecule has 3 N–H and O–H groups in total. The summed E-state index contributed by atoms with van der Waals surface area (Å²) < 4.78 is 0. The fourth-order valence-electron chi connectivity index (χ4n) is 2.74. The van der Waals surface area contributed by atoms with Crippen molar-refractivity contribution in [3.63, 3.8) is 0 Å². The van der Waals surface area contributed by atoms with E-state index in [0.29, 0.717) is 0 Å². The second-order valence-electron chi connectivity index (χ2n) is 5.63. The molecular formula is C17H25NO. The van der Waals surface area contributed by atoms with Crippen LogP contribution in [0.4, 0.5) is 0 Å². The minimum absolute atomic E-state index is 0.578.